The highest BCUT2D eigenvalue weighted by molar-refractivity contribution is 7.99. The van der Waals surface area contributed by atoms with Crippen LogP contribution in [0.1, 0.15) is 31.9 Å². The van der Waals surface area contributed by atoms with E-state index in [1.54, 1.807) is 6.20 Å². The number of hydrogen-bond acceptors (Lipinski definition) is 3. The number of nitrogens with zero attached hydrogens (tertiary/aromatic N) is 2. The minimum atomic E-state index is -0.352. The lowest BCUT2D eigenvalue weighted by Crippen LogP contribution is -1.98. The molecule has 0 aliphatic carbocycles. The standard InChI is InChI=1S/C10H18N2OS/c1-3-12-8-9(7-11-12)10(13)5-6-14-4-2/h7-8,10,13H,3-6H2,1-2H3. The van der Waals surface area contributed by atoms with Crippen molar-refractivity contribution in [2.75, 3.05) is 11.5 Å². The van der Waals surface area contributed by atoms with E-state index < -0.39 is 0 Å². The molecule has 14 heavy (non-hydrogen) atoms. The average Bonchev–Trinajstić information content (AvgIpc) is 2.66. The average molecular weight is 214 g/mol. The molecule has 0 saturated heterocycles. The van der Waals surface area contributed by atoms with E-state index in [1.165, 1.54) is 0 Å². The number of hydrogen-bond donors (Lipinski definition) is 1. The largest absolute Gasteiger partial charge is 0.388 e. The lowest BCUT2D eigenvalue weighted by atomic mass is 10.2. The molecule has 0 aliphatic heterocycles. The van der Waals surface area contributed by atoms with Gasteiger partial charge in [0.05, 0.1) is 12.3 Å². The number of aromatic nitrogens is 2. The van der Waals surface area contributed by atoms with E-state index in [2.05, 4.69) is 12.0 Å². The third kappa shape index (κ3) is 3.35. The Labute approximate surface area is 89.5 Å². The molecule has 4 heteroatoms. The van der Waals surface area contributed by atoms with Crippen LogP contribution in [0, 0.1) is 0 Å². The first-order valence-corrected chi connectivity index (χ1v) is 6.21. The van der Waals surface area contributed by atoms with Gasteiger partial charge < -0.3 is 5.11 Å². The van der Waals surface area contributed by atoms with Crippen LogP contribution < -0.4 is 0 Å². The molecule has 3 nitrogen and oxygen atoms in total. The minimum absolute atomic E-state index is 0.352. The predicted octanol–water partition coefficient (Wildman–Crippen LogP) is 2.08. The fraction of sp³-hybridized carbons (Fsp3) is 0.700. The summed E-state index contributed by atoms with van der Waals surface area (Å²) in [6.07, 6.45) is 4.13. The summed E-state index contributed by atoms with van der Waals surface area (Å²) in [5.41, 5.74) is 0.934. The van der Waals surface area contributed by atoms with Gasteiger partial charge in [-0.1, -0.05) is 6.92 Å². The SMILES string of the molecule is CCSCCC(O)c1cnn(CC)c1. The highest BCUT2D eigenvalue weighted by Gasteiger charge is 2.08. The molecule has 1 aromatic rings. The molecule has 0 radical (unpaired) electrons. The first-order valence-electron chi connectivity index (χ1n) is 5.06. The fourth-order valence-corrected chi connectivity index (χ4v) is 1.91. The van der Waals surface area contributed by atoms with Crippen molar-refractivity contribution in [3.63, 3.8) is 0 Å². The van der Waals surface area contributed by atoms with Crippen LogP contribution in [0.3, 0.4) is 0 Å². The first kappa shape index (κ1) is 11.6. The van der Waals surface area contributed by atoms with Crippen molar-refractivity contribution >= 4 is 11.8 Å². The molecule has 1 unspecified atom stereocenters. The van der Waals surface area contributed by atoms with Crippen LogP contribution in [0.4, 0.5) is 0 Å². The van der Waals surface area contributed by atoms with E-state index in [-0.39, 0.29) is 6.10 Å². The highest BCUT2D eigenvalue weighted by Crippen LogP contribution is 2.18. The van der Waals surface area contributed by atoms with Crippen molar-refractivity contribution in [1.29, 1.82) is 0 Å². The Balaban J connectivity index is 2.39. The Bertz CT molecular complexity index is 262. The molecule has 0 saturated carbocycles. The van der Waals surface area contributed by atoms with Crippen LogP contribution >= 0.6 is 11.8 Å². The van der Waals surface area contributed by atoms with Crippen LogP contribution in [0.25, 0.3) is 0 Å². The number of aryl methyl sites for hydroxylation is 1. The van der Waals surface area contributed by atoms with Crippen LogP contribution in [-0.2, 0) is 6.54 Å². The van der Waals surface area contributed by atoms with Gasteiger partial charge in [0, 0.05) is 18.3 Å². The molecule has 1 aromatic heterocycles. The van der Waals surface area contributed by atoms with Gasteiger partial charge in [0.25, 0.3) is 0 Å². The molecule has 1 N–H and O–H groups in total. The van der Waals surface area contributed by atoms with Gasteiger partial charge in [0.1, 0.15) is 0 Å². The molecular weight excluding hydrogens is 196 g/mol. The monoisotopic (exact) mass is 214 g/mol. The van der Waals surface area contributed by atoms with Gasteiger partial charge in [-0.2, -0.15) is 16.9 Å². The number of aliphatic hydroxyl groups excluding tert-OH is 1. The molecular formula is C10H18N2OS. The quantitative estimate of drug-likeness (QED) is 0.737. The zero-order chi connectivity index (χ0) is 10.4. The van der Waals surface area contributed by atoms with Crippen molar-refractivity contribution in [1.82, 2.24) is 9.78 Å². The molecule has 1 heterocycles. The van der Waals surface area contributed by atoms with Gasteiger partial charge in [-0.3, -0.25) is 4.68 Å². The van der Waals surface area contributed by atoms with Gasteiger partial charge in [0.15, 0.2) is 0 Å². The van der Waals surface area contributed by atoms with E-state index in [9.17, 15) is 5.11 Å². The first-order chi connectivity index (χ1) is 6.77. The Morgan fingerprint density at radius 3 is 2.93 bits per heavy atom. The summed E-state index contributed by atoms with van der Waals surface area (Å²) < 4.78 is 1.84. The van der Waals surface area contributed by atoms with Crippen LogP contribution in [0.2, 0.25) is 0 Å². The Morgan fingerprint density at radius 1 is 1.57 bits per heavy atom. The zero-order valence-corrected chi connectivity index (χ0v) is 9.63. The van der Waals surface area contributed by atoms with Gasteiger partial charge in [-0.15, -0.1) is 0 Å². The van der Waals surface area contributed by atoms with Gasteiger partial charge in [0.2, 0.25) is 0 Å². The van der Waals surface area contributed by atoms with Crippen LogP contribution in [-0.4, -0.2) is 26.4 Å². The third-order valence-corrected chi connectivity index (χ3v) is 3.03. The second-order valence-corrected chi connectivity index (χ2v) is 4.52. The highest BCUT2D eigenvalue weighted by atomic mass is 32.2. The number of aliphatic hydroxyl groups is 1. The molecule has 0 bridgehead atoms. The maximum Gasteiger partial charge on any atom is 0.0828 e. The van der Waals surface area contributed by atoms with Gasteiger partial charge in [-0.05, 0) is 24.9 Å². The van der Waals surface area contributed by atoms with Crippen molar-refractivity contribution < 1.29 is 5.11 Å². The Kier molecular flexibility index (Phi) is 5.04. The van der Waals surface area contributed by atoms with Crippen molar-refractivity contribution in [2.45, 2.75) is 32.9 Å². The van der Waals surface area contributed by atoms with E-state index >= 15 is 0 Å². The lowest BCUT2D eigenvalue weighted by molar-refractivity contribution is 0.175. The second kappa shape index (κ2) is 6.09. The van der Waals surface area contributed by atoms with Crippen LogP contribution in [0.15, 0.2) is 12.4 Å². The van der Waals surface area contributed by atoms with Gasteiger partial charge >= 0.3 is 0 Å². The summed E-state index contributed by atoms with van der Waals surface area (Å²) in [5, 5.41) is 13.9. The summed E-state index contributed by atoms with van der Waals surface area (Å²) in [6, 6.07) is 0. The molecule has 1 rings (SSSR count). The van der Waals surface area contributed by atoms with Gasteiger partial charge in [-0.25, -0.2) is 0 Å². The molecule has 0 amide bonds. The summed E-state index contributed by atoms with van der Waals surface area (Å²) in [7, 11) is 0. The normalized spacial score (nSPS) is 13.1. The molecule has 0 fully saturated rings. The lowest BCUT2D eigenvalue weighted by Gasteiger charge is -2.06. The third-order valence-electron chi connectivity index (χ3n) is 2.10. The Morgan fingerprint density at radius 2 is 2.36 bits per heavy atom. The molecule has 0 aromatic carbocycles. The molecule has 1 atom stereocenters. The molecule has 0 spiro atoms. The zero-order valence-electron chi connectivity index (χ0n) is 8.81. The predicted molar refractivity (Wildman–Crippen MR) is 60.5 cm³/mol. The molecule has 0 aliphatic rings. The topological polar surface area (TPSA) is 38.1 Å². The van der Waals surface area contributed by atoms with E-state index in [0.29, 0.717) is 0 Å². The second-order valence-electron chi connectivity index (χ2n) is 3.13. The molecule has 80 valence electrons. The number of thioether (sulfide) groups is 1. The maximum absolute atomic E-state index is 9.79. The van der Waals surface area contributed by atoms with Crippen molar-refractivity contribution in [3.05, 3.63) is 18.0 Å². The summed E-state index contributed by atoms with van der Waals surface area (Å²) in [6.45, 7) is 5.03. The summed E-state index contributed by atoms with van der Waals surface area (Å²) in [5.74, 6) is 2.12. The smallest absolute Gasteiger partial charge is 0.0828 e. The Hall–Kier alpha value is -0.480. The summed E-state index contributed by atoms with van der Waals surface area (Å²) in [4.78, 5) is 0. The number of rotatable bonds is 6. The van der Waals surface area contributed by atoms with E-state index in [0.717, 1.165) is 30.0 Å². The van der Waals surface area contributed by atoms with Crippen molar-refractivity contribution in [2.24, 2.45) is 0 Å². The van der Waals surface area contributed by atoms with Crippen LogP contribution in [0.5, 0.6) is 0 Å². The van der Waals surface area contributed by atoms with Crippen molar-refractivity contribution in [3.8, 4) is 0 Å². The minimum Gasteiger partial charge on any atom is -0.388 e. The maximum atomic E-state index is 9.79. The fourth-order valence-electron chi connectivity index (χ4n) is 1.23. The van der Waals surface area contributed by atoms with E-state index in [4.69, 9.17) is 0 Å². The van der Waals surface area contributed by atoms with E-state index in [1.807, 2.05) is 29.6 Å². The summed E-state index contributed by atoms with van der Waals surface area (Å²) >= 11 is 1.86.